The third-order valence-corrected chi connectivity index (χ3v) is 5.91. The Morgan fingerprint density at radius 2 is 1.65 bits per heavy atom. The van der Waals surface area contributed by atoms with Crippen LogP contribution in [0.5, 0.6) is 0 Å². The SMILES string of the molecule is CC(=O)OC1C(n2ccc(=O)[nH]c2=O)OC(COCc2ccccc2)(C(F)F)C1OCc1ccccc1. The number of nitrogens with zero attached hydrogens (tertiary/aromatic N) is 1. The van der Waals surface area contributed by atoms with E-state index in [0.29, 0.717) is 5.56 Å². The van der Waals surface area contributed by atoms with Gasteiger partial charge in [0.15, 0.2) is 17.9 Å². The van der Waals surface area contributed by atoms with Gasteiger partial charge in [-0.25, -0.2) is 13.6 Å². The monoisotopic (exact) mass is 516 g/mol. The third-order valence-electron chi connectivity index (χ3n) is 5.91. The zero-order chi connectivity index (χ0) is 26.4. The molecule has 0 saturated carbocycles. The Hall–Kier alpha value is -3.67. The van der Waals surface area contributed by atoms with Crippen molar-refractivity contribution in [2.24, 2.45) is 0 Å². The van der Waals surface area contributed by atoms with Gasteiger partial charge < -0.3 is 18.9 Å². The Morgan fingerprint density at radius 3 is 2.22 bits per heavy atom. The van der Waals surface area contributed by atoms with Crippen molar-refractivity contribution >= 4 is 5.97 Å². The van der Waals surface area contributed by atoms with Crippen molar-refractivity contribution in [3.05, 3.63) is 105 Å². The number of hydrogen-bond acceptors (Lipinski definition) is 7. The van der Waals surface area contributed by atoms with Crippen LogP contribution in [0.1, 0.15) is 24.3 Å². The van der Waals surface area contributed by atoms with E-state index in [1.54, 1.807) is 54.6 Å². The second-order valence-electron chi connectivity index (χ2n) is 8.55. The molecular formula is C26H26F2N2O7. The van der Waals surface area contributed by atoms with Gasteiger partial charge in [0.1, 0.15) is 6.10 Å². The number of benzene rings is 2. The first kappa shape index (κ1) is 26.4. The number of halogens is 2. The quantitative estimate of drug-likeness (QED) is 0.413. The summed E-state index contributed by atoms with van der Waals surface area (Å²) in [6, 6.07) is 18.8. The van der Waals surface area contributed by atoms with Crippen LogP contribution in [0.2, 0.25) is 0 Å². The van der Waals surface area contributed by atoms with Crippen LogP contribution in [0.3, 0.4) is 0 Å². The summed E-state index contributed by atoms with van der Waals surface area (Å²) in [4.78, 5) is 38.2. The number of nitrogens with one attached hydrogen (secondary N) is 1. The molecule has 196 valence electrons. The highest BCUT2D eigenvalue weighted by Gasteiger charge is 2.63. The molecule has 0 aliphatic carbocycles. The predicted octanol–water partition coefficient (Wildman–Crippen LogP) is 2.80. The van der Waals surface area contributed by atoms with Gasteiger partial charge in [0, 0.05) is 19.2 Å². The highest BCUT2D eigenvalue weighted by Crippen LogP contribution is 2.44. The topological polar surface area (TPSA) is 109 Å². The number of carbonyl (C=O) groups is 1. The number of aromatic amines is 1. The first-order valence-corrected chi connectivity index (χ1v) is 11.5. The minimum absolute atomic E-state index is 0.00553. The molecule has 1 aromatic heterocycles. The zero-order valence-electron chi connectivity index (χ0n) is 19.9. The fourth-order valence-electron chi connectivity index (χ4n) is 4.19. The summed E-state index contributed by atoms with van der Waals surface area (Å²) in [7, 11) is 0. The van der Waals surface area contributed by atoms with E-state index in [1.165, 1.54) is 0 Å². The zero-order valence-corrected chi connectivity index (χ0v) is 19.9. The number of ether oxygens (including phenoxy) is 4. The maximum atomic E-state index is 14.9. The largest absolute Gasteiger partial charge is 0.455 e. The fourth-order valence-corrected chi connectivity index (χ4v) is 4.19. The van der Waals surface area contributed by atoms with E-state index in [-0.39, 0.29) is 13.2 Å². The van der Waals surface area contributed by atoms with Gasteiger partial charge in [-0.3, -0.25) is 19.1 Å². The van der Waals surface area contributed by atoms with E-state index < -0.39 is 54.3 Å². The Morgan fingerprint density at radius 1 is 1.03 bits per heavy atom. The smallest absolute Gasteiger partial charge is 0.330 e. The molecular weight excluding hydrogens is 490 g/mol. The van der Waals surface area contributed by atoms with Gasteiger partial charge in [0.2, 0.25) is 0 Å². The summed E-state index contributed by atoms with van der Waals surface area (Å²) < 4.78 is 53.5. The molecule has 1 aliphatic rings. The van der Waals surface area contributed by atoms with E-state index in [4.69, 9.17) is 18.9 Å². The van der Waals surface area contributed by atoms with Gasteiger partial charge in [-0.1, -0.05) is 60.7 Å². The molecule has 4 unspecified atom stereocenters. The van der Waals surface area contributed by atoms with Crippen LogP contribution in [0.25, 0.3) is 0 Å². The van der Waals surface area contributed by atoms with Gasteiger partial charge in [0.05, 0.1) is 19.8 Å². The van der Waals surface area contributed by atoms with E-state index in [1.807, 2.05) is 6.07 Å². The van der Waals surface area contributed by atoms with Crippen molar-refractivity contribution in [2.45, 2.75) is 50.6 Å². The van der Waals surface area contributed by atoms with Crippen LogP contribution in [0, 0.1) is 0 Å². The summed E-state index contributed by atoms with van der Waals surface area (Å²) in [6.45, 7) is 0.374. The van der Waals surface area contributed by atoms with Crippen LogP contribution >= 0.6 is 0 Å². The van der Waals surface area contributed by atoms with Crippen LogP contribution in [-0.4, -0.2) is 46.4 Å². The number of rotatable bonds is 10. The molecule has 37 heavy (non-hydrogen) atoms. The van der Waals surface area contributed by atoms with Crippen molar-refractivity contribution in [3.8, 4) is 0 Å². The molecule has 2 heterocycles. The number of H-pyrrole nitrogens is 1. The summed E-state index contributed by atoms with van der Waals surface area (Å²) >= 11 is 0. The van der Waals surface area contributed by atoms with Gasteiger partial charge in [0.25, 0.3) is 12.0 Å². The summed E-state index contributed by atoms with van der Waals surface area (Å²) in [5.41, 5.74) is -2.60. The number of esters is 1. The Bertz CT molecular complexity index is 1300. The normalized spacial score (nSPS) is 23.3. The molecule has 1 N–H and O–H groups in total. The average Bonchev–Trinajstić information content (AvgIpc) is 3.17. The lowest BCUT2D eigenvalue weighted by atomic mass is 9.95. The molecule has 1 saturated heterocycles. The van der Waals surface area contributed by atoms with Gasteiger partial charge in [-0.2, -0.15) is 0 Å². The molecule has 4 rings (SSSR count). The fraction of sp³-hybridized carbons (Fsp3) is 0.346. The van der Waals surface area contributed by atoms with Crippen LogP contribution in [-0.2, 0) is 37.0 Å². The third kappa shape index (κ3) is 6.01. The maximum absolute atomic E-state index is 14.9. The van der Waals surface area contributed by atoms with Gasteiger partial charge in [-0.05, 0) is 11.1 Å². The van der Waals surface area contributed by atoms with Gasteiger partial charge >= 0.3 is 11.7 Å². The minimum atomic E-state index is -3.16. The van der Waals surface area contributed by atoms with Crippen molar-refractivity contribution in [1.29, 1.82) is 0 Å². The number of hydrogen-bond donors (Lipinski definition) is 1. The highest BCUT2D eigenvalue weighted by molar-refractivity contribution is 5.66. The van der Waals surface area contributed by atoms with Crippen molar-refractivity contribution in [2.75, 3.05) is 6.61 Å². The van der Waals surface area contributed by atoms with Crippen LogP contribution < -0.4 is 11.2 Å². The van der Waals surface area contributed by atoms with Crippen molar-refractivity contribution in [1.82, 2.24) is 9.55 Å². The average molecular weight is 516 g/mol. The summed E-state index contributed by atoms with van der Waals surface area (Å²) in [5.74, 6) is -0.792. The highest BCUT2D eigenvalue weighted by atomic mass is 19.3. The Labute approximate surface area is 210 Å². The Kier molecular flexibility index (Phi) is 8.27. The molecule has 11 heteroatoms. The first-order valence-electron chi connectivity index (χ1n) is 11.5. The predicted molar refractivity (Wildman–Crippen MR) is 127 cm³/mol. The number of carbonyl (C=O) groups excluding carboxylic acids is 1. The van der Waals surface area contributed by atoms with E-state index >= 15 is 0 Å². The Balaban J connectivity index is 1.72. The van der Waals surface area contributed by atoms with Crippen molar-refractivity contribution < 1.29 is 32.5 Å². The molecule has 1 aliphatic heterocycles. The molecule has 2 aromatic carbocycles. The van der Waals surface area contributed by atoms with E-state index in [9.17, 15) is 23.2 Å². The van der Waals surface area contributed by atoms with E-state index in [0.717, 1.165) is 29.3 Å². The van der Waals surface area contributed by atoms with Gasteiger partial charge in [-0.15, -0.1) is 0 Å². The second-order valence-corrected chi connectivity index (χ2v) is 8.55. The van der Waals surface area contributed by atoms with E-state index in [2.05, 4.69) is 4.98 Å². The standard InChI is InChI=1S/C26H26F2N2O7/c1-17(31)36-21-22(35-15-19-10-6-3-7-11-19)26(24(27)28,16-34-14-18-8-4-2-5-9-18)37-23(21)30-13-12-20(32)29-25(30)33/h2-13,21-24H,14-16H2,1H3,(H,29,32,33). The molecule has 3 aromatic rings. The molecule has 0 radical (unpaired) electrons. The lowest BCUT2D eigenvalue weighted by Crippen LogP contribution is -2.54. The number of aromatic nitrogens is 2. The second kappa shape index (κ2) is 11.6. The lowest BCUT2D eigenvalue weighted by Gasteiger charge is -2.33. The molecule has 9 nitrogen and oxygen atoms in total. The molecule has 0 amide bonds. The first-order chi connectivity index (χ1) is 17.8. The molecule has 4 atom stereocenters. The van der Waals surface area contributed by atoms with Crippen LogP contribution in [0.15, 0.2) is 82.5 Å². The molecule has 1 fully saturated rings. The van der Waals surface area contributed by atoms with Crippen molar-refractivity contribution in [3.63, 3.8) is 0 Å². The minimum Gasteiger partial charge on any atom is -0.455 e. The van der Waals surface area contributed by atoms with Crippen LogP contribution in [0.4, 0.5) is 8.78 Å². The maximum Gasteiger partial charge on any atom is 0.330 e. The molecule has 0 spiro atoms. The lowest BCUT2D eigenvalue weighted by molar-refractivity contribution is -0.215. The summed E-state index contributed by atoms with van der Waals surface area (Å²) in [5, 5.41) is 0. The summed E-state index contributed by atoms with van der Waals surface area (Å²) in [6.07, 6.45) is -6.59. The molecule has 0 bridgehead atoms. The number of alkyl halides is 2.